The van der Waals surface area contributed by atoms with E-state index in [4.69, 9.17) is 10.00 Å². The fourth-order valence-electron chi connectivity index (χ4n) is 1.90. The fourth-order valence-corrected chi connectivity index (χ4v) is 3.88. The Morgan fingerprint density at radius 1 is 1.48 bits per heavy atom. The number of anilines is 1. The van der Waals surface area contributed by atoms with Gasteiger partial charge in [-0.1, -0.05) is 17.8 Å². The number of amides is 1. The van der Waals surface area contributed by atoms with Crippen molar-refractivity contribution in [3.8, 4) is 6.07 Å². The first-order valence-corrected chi connectivity index (χ1v) is 9.35. The molecule has 0 saturated carbocycles. The number of ether oxygens (including phenoxy) is 1. The second-order valence-corrected chi connectivity index (χ2v) is 7.47. The summed E-state index contributed by atoms with van der Waals surface area (Å²) in [5.74, 6) is -0.491. The van der Waals surface area contributed by atoms with Crippen LogP contribution in [-0.4, -0.2) is 28.7 Å². The van der Waals surface area contributed by atoms with Crippen LogP contribution in [-0.2, 0) is 20.7 Å². The average molecular weight is 375 g/mol. The normalized spacial score (nSPS) is 11.4. The van der Waals surface area contributed by atoms with E-state index in [-0.39, 0.29) is 23.5 Å². The van der Waals surface area contributed by atoms with Gasteiger partial charge in [-0.05, 0) is 32.0 Å². The minimum absolute atomic E-state index is 0.131. The van der Waals surface area contributed by atoms with Crippen LogP contribution in [0.2, 0.25) is 0 Å². The van der Waals surface area contributed by atoms with Gasteiger partial charge >= 0.3 is 5.97 Å². The highest BCUT2D eigenvalue weighted by Gasteiger charge is 2.17. The summed E-state index contributed by atoms with van der Waals surface area (Å²) in [5, 5.41) is 13.1. The molecule has 0 aliphatic rings. The van der Waals surface area contributed by atoms with E-state index in [1.54, 1.807) is 43.5 Å². The molecule has 6 nitrogen and oxygen atoms in total. The highest BCUT2D eigenvalue weighted by atomic mass is 32.2. The van der Waals surface area contributed by atoms with Crippen LogP contribution in [0.15, 0.2) is 34.0 Å². The lowest BCUT2D eigenvalue weighted by atomic mass is 10.2. The molecule has 0 bridgehead atoms. The van der Waals surface area contributed by atoms with Crippen LogP contribution < -0.4 is 5.32 Å². The maximum atomic E-state index is 12.3. The lowest BCUT2D eigenvalue weighted by Gasteiger charge is -2.10. The van der Waals surface area contributed by atoms with Crippen molar-refractivity contribution in [3.63, 3.8) is 0 Å². The molecule has 130 valence electrons. The number of thiazole rings is 1. The molecule has 0 aliphatic heterocycles. The van der Waals surface area contributed by atoms with Crippen molar-refractivity contribution in [2.45, 2.75) is 29.9 Å². The molecule has 0 unspecified atom stereocenters. The molecular formula is C17H17N3O3S2. The van der Waals surface area contributed by atoms with E-state index < -0.39 is 0 Å². The van der Waals surface area contributed by atoms with Crippen LogP contribution in [0, 0.1) is 11.3 Å². The molecule has 0 spiro atoms. The number of carbonyl (C=O) groups excluding carboxylic acids is 2. The second kappa shape index (κ2) is 9.20. The number of nitrogens with zero attached hydrogens (tertiary/aromatic N) is 2. The molecular weight excluding hydrogens is 358 g/mol. The summed E-state index contributed by atoms with van der Waals surface area (Å²) in [4.78, 5) is 28.1. The lowest BCUT2D eigenvalue weighted by Crippen LogP contribution is -2.22. The SMILES string of the molecule is CCOC(=O)Cc1csc(S[C@H](C)C(=O)Nc2cccc(C#N)c2)n1. The minimum Gasteiger partial charge on any atom is -0.466 e. The first kappa shape index (κ1) is 19.0. The third-order valence-electron chi connectivity index (χ3n) is 3.07. The molecule has 1 N–H and O–H groups in total. The van der Waals surface area contributed by atoms with Crippen molar-refractivity contribution in [3.05, 3.63) is 40.9 Å². The number of carbonyl (C=O) groups is 2. The number of esters is 1. The molecule has 8 heteroatoms. The van der Waals surface area contributed by atoms with Gasteiger partial charge in [-0.2, -0.15) is 5.26 Å². The Kier molecular flexibility index (Phi) is 6.98. The van der Waals surface area contributed by atoms with Gasteiger partial charge in [-0.25, -0.2) is 4.98 Å². The number of aromatic nitrogens is 1. The monoisotopic (exact) mass is 375 g/mol. The van der Waals surface area contributed by atoms with Crippen molar-refractivity contribution in [1.29, 1.82) is 5.26 Å². The van der Waals surface area contributed by atoms with Crippen LogP contribution in [0.25, 0.3) is 0 Å². The highest BCUT2D eigenvalue weighted by Crippen LogP contribution is 2.27. The lowest BCUT2D eigenvalue weighted by molar-refractivity contribution is -0.142. The predicted octanol–water partition coefficient (Wildman–Crippen LogP) is 3.24. The molecule has 0 saturated heterocycles. The van der Waals surface area contributed by atoms with E-state index in [9.17, 15) is 9.59 Å². The molecule has 1 heterocycles. The number of hydrogen-bond acceptors (Lipinski definition) is 7. The summed E-state index contributed by atoms with van der Waals surface area (Å²) in [6.07, 6.45) is 0.131. The Hall–Kier alpha value is -2.37. The summed E-state index contributed by atoms with van der Waals surface area (Å²) < 4.78 is 5.61. The van der Waals surface area contributed by atoms with E-state index in [0.717, 1.165) is 0 Å². The molecule has 25 heavy (non-hydrogen) atoms. The number of nitrogens with one attached hydrogen (secondary N) is 1. The zero-order valence-corrected chi connectivity index (χ0v) is 15.4. The smallest absolute Gasteiger partial charge is 0.311 e. The molecule has 1 atom stereocenters. The van der Waals surface area contributed by atoms with Crippen LogP contribution in [0.4, 0.5) is 5.69 Å². The van der Waals surface area contributed by atoms with Crippen molar-refractivity contribution in [1.82, 2.24) is 4.98 Å². The van der Waals surface area contributed by atoms with Crippen LogP contribution in [0.5, 0.6) is 0 Å². The van der Waals surface area contributed by atoms with Gasteiger partial charge < -0.3 is 10.1 Å². The van der Waals surface area contributed by atoms with E-state index in [1.807, 2.05) is 6.07 Å². The van der Waals surface area contributed by atoms with Gasteiger partial charge in [0.25, 0.3) is 0 Å². The zero-order chi connectivity index (χ0) is 18.2. The summed E-state index contributed by atoms with van der Waals surface area (Å²) in [6, 6.07) is 8.78. The third kappa shape index (κ3) is 5.89. The number of thioether (sulfide) groups is 1. The van der Waals surface area contributed by atoms with Gasteiger partial charge in [0.05, 0.1) is 35.6 Å². The van der Waals surface area contributed by atoms with Crippen LogP contribution in [0.3, 0.4) is 0 Å². The molecule has 1 aromatic heterocycles. The largest absolute Gasteiger partial charge is 0.466 e. The van der Waals surface area contributed by atoms with Crippen LogP contribution >= 0.6 is 23.1 Å². The Morgan fingerprint density at radius 2 is 2.28 bits per heavy atom. The van der Waals surface area contributed by atoms with Gasteiger partial charge in [0.2, 0.25) is 5.91 Å². The number of benzene rings is 1. The van der Waals surface area contributed by atoms with E-state index in [1.165, 1.54) is 23.1 Å². The van der Waals surface area contributed by atoms with Gasteiger partial charge in [0.15, 0.2) is 4.34 Å². The van der Waals surface area contributed by atoms with E-state index in [2.05, 4.69) is 10.3 Å². The van der Waals surface area contributed by atoms with Gasteiger partial charge in [-0.15, -0.1) is 11.3 Å². The molecule has 0 aliphatic carbocycles. The van der Waals surface area contributed by atoms with Crippen LogP contribution in [0.1, 0.15) is 25.1 Å². The molecule has 2 rings (SSSR count). The summed E-state index contributed by atoms with van der Waals surface area (Å²) >= 11 is 2.71. The summed E-state index contributed by atoms with van der Waals surface area (Å²) in [7, 11) is 0. The summed E-state index contributed by atoms with van der Waals surface area (Å²) in [6.45, 7) is 3.88. The summed E-state index contributed by atoms with van der Waals surface area (Å²) in [5.41, 5.74) is 1.71. The maximum absolute atomic E-state index is 12.3. The van der Waals surface area contributed by atoms with Gasteiger partial charge in [0, 0.05) is 11.1 Å². The Labute approximate surface area is 154 Å². The van der Waals surface area contributed by atoms with Crippen molar-refractivity contribution >= 4 is 40.7 Å². The number of nitriles is 1. The van der Waals surface area contributed by atoms with Crippen molar-refractivity contribution in [2.24, 2.45) is 0 Å². The standard InChI is InChI=1S/C17H17N3O3S2/c1-3-23-15(21)8-14-10-24-17(20-14)25-11(2)16(22)19-13-6-4-5-12(7-13)9-18/h4-7,10-11H,3,8H2,1-2H3,(H,19,22)/t11-/m1/s1. The first-order valence-electron chi connectivity index (χ1n) is 7.59. The molecule has 0 fully saturated rings. The first-order chi connectivity index (χ1) is 12.0. The predicted molar refractivity (Wildman–Crippen MR) is 97.6 cm³/mol. The fraction of sp³-hybridized carbons (Fsp3) is 0.294. The molecule has 0 radical (unpaired) electrons. The topological polar surface area (TPSA) is 92.1 Å². The minimum atomic E-state index is -0.368. The van der Waals surface area contributed by atoms with Crippen molar-refractivity contribution in [2.75, 3.05) is 11.9 Å². The third-order valence-corrected chi connectivity index (χ3v) is 5.19. The second-order valence-electron chi connectivity index (χ2n) is 5.03. The number of rotatable bonds is 7. The molecule has 1 aromatic carbocycles. The average Bonchev–Trinajstić information content (AvgIpc) is 3.01. The Morgan fingerprint density at radius 3 is 3.00 bits per heavy atom. The number of hydrogen-bond donors (Lipinski definition) is 1. The van der Waals surface area contributed by atoms with E-state index >= 15 is 0 Å². The Balaban J connectivity index is 1.91. The quantitative estimate of drug-likeness (QED) is 0.590. The highest BCUT2D eigenvalue weighted by molar-refractivity contribution is 8.02. The van der Waals surface area contributed by atoms with Gasteiger partial charge in [0.1, 0.15) is 0 Å². The molecule has 1 amide bonds. The molecule has 2 aromatic rings. The maximum Gasteiger partial charge on any atom is 0.311 e. The van der Waals surface area contributed by atoms with E-state index in [0.29, 0.717) is 27.9 Å². The van der Waals surface area contributed by atoms with Crippen molar-refractivity contribution < 1.29 is 14.3 Å². The zero-order valence-electron chi connectivity index (χ0n) is 13.8. The Bertz CT molecular complexity index is 798. The van der Waals surface area contributed by atoms with Gasteiger partial charge in [-0.3, -0.25) is 9.59 Å².